The third-order valence-electron chi connectivity index (χ3n) is 3.47. The molecule has 0 unspecified atom stereocenters. The molecule has 0 saturated heterocycles. The quantitative estimate of drug-likeness (QED) is 0.800. The molecule has 3 heterocycles. The van der Waals surface area contributed by atoms with E-state index in [0.717, 1.165) is 11.1 Å². The van der Waals surface area contributed by atoms with Gasteiger partial charge in [-0.05, 0) is 36.2 Å². The Labute approximate surface area is 138 Å². The van der Waals surface area contributed by atoms with E-state index in [1.54, 1.807) is 36.9 Å². The van der Waals surface area contributed by atoms with Gasteiger partial charge in [-0.1, -0.05) is 12.1 Å². The van der Waals surface area contributed by atoms with Gasteiger partial charge in [0.25, 0.3) is 11.5 Å². The molecule has 3 aromatic rings. The molecule has 1 amide bonds. The van der Waals surface area contributed by atoms with Crippen molar-refractivity contribution in [3.05, 3.63) is 88.2 Å². The Morgan fingerprint density at radius 1 is 1.17 bits per heavy atom. The van der Waals surface area contributed by atoms with E-state index in [1.165, 1.54) is 16.7 Å². The summed E-state index contributed by atoms with van der Waals surface area (Å²) in [6, 6.07) is 10.2. The number of nitrogens with one attached hydrogen (secondary N) is 1. The third-order valence-corrected chi connectivity index (χ3v) is 3.47. The number of carbonyl (C=O) groups excluding carboxylic acids is 1. The van der Waals surface area contributed by atoms with Crippen LogP contribution in [-0.2, 0) is 6.54 Å². The second-order valence-electron chi connectivity index (χ2n) is 5.42. The second kappa shape index (κ2) is 6.87. The molecule has 0 fully saturated rings. The number of nitrogens with zero attached hydrogens (tertiary/aromatic N) is 3. The van der Waals surface area contributed by atoms with Crippen molar-refractivity contribution in [3.8, 4) is 0 Å². The minimum atomic E-state index is -0.314. The van der Waals surface area contributed by atoms with E-state index in [4.69, 9.17) is 0 Å². The molecule has 0 bridgehead atoms. The number of hydrogen-bond acceptors (Lipinski definition) is 4. The highest BCUT2D eigenvalue weighted by atomic mass is 16.2. The molecular weight excluding hydrogens is 304 g/mol. The summed E-state index contributed by atoms with van der Waals surface area (Å²) in [7, 11) is 0. The largest absolute Gasteiger partial charge is 0.310 e. The first kappa shape index (κ1) is 15.6. The van der Waals surface area contributed by atoms with Crippen LogP contribution in [0.25, 0.3) is 0 Å². The highest BCUT2D eigenvalue weighted by Gasteiger charge is 2.09. The van der Waals surface area contributed by atoms with Crippen molar-refractivity contribution in [1.29, 1.82) is 0 Å². The summed E-state index contributed by atoms with van der Waals surface area (Å²) in [5.74, 6) is 0.155. The standard InChI is InChI=1S/C18H16N4O2/c1-13-4-6-16(20-9-13)21-18(24)15-5-7-17(23)22(12-15)11-14-3-2-8-19-10-14/h2-10,12H,11H2,1H3,(H,20,21,24). The van der Waals surface area contributed by atoms with Gasteiger partial charge in [0.2, 0.25) is 0 Å². The minimum Gasteiger partial charge on any atom is -0.310 e. The fourth-order valence-corrected chi connectivity index (χ4v) is 2.21. The number of pyridine rings is 3. The van der Waals surface area contributed by atoms with Crippen LogP contribution in [0.3, 0.4) is 0 Å². The summed E-state index contributed by atoms with van der Waals surface area (Å²) in [5.41, 5.74) is 2.11. The number of rotatable bonds is 4. The number of carbonyl (C=O) groups is 1. The van der Waals surface area contributed by atoms with Gasteiger partial charge in [-0.3, -0.25) is 14.6 Å². The normalized spacial score (nSPS) is 10.4. The molecule has 1 N–H and O–H groups in total. The molecule has 0 radical (unpaired) electrons. The molecule has 0 spiro atoms. The van der Waals surface area contributed by atoms with Gasteiger partial charge in [0.1, 0.15) is 5.82 Å². The zero-order valence-corrected chi connectivity index (χ0v) is 13.1. The van der Waals surface area contributed by atoms with E-state index < -0.39 is 0 Å². The maximum absolute atomic E-state index is 12.3. The lowest BCUT2D eigenvalue weighted by atomic mass is 10.2. The zero-order chi connectivity index (χ0) is 16.9. The predicted octanol–water partition coefficient (Wildman–Crippen LogP) is 2.25. The lowest BCUT2D eigenvalue weighted by molar-refractivity contribution is 0.102. The maximum atomic E-state index is 12.3. The molecule has 0 saturated carbocycles. The molecule has 0 aliphatic carbocycles. The Bertz CT molecular complexity index is 902. The van der Waals surface area contributed by atoms with Crippen molar-refractivity contribution in [3.63, 3.8) is 0 Å². The average molecular weight is 320 g/mol. The fraction of sp³-hybridized carbons (Fsp3) is 0.111. The summed E-state index contributed by atoms with van der Waals surface area (Å²) < 4.78 is 1.48. The molecule has 6 heteroatoms. The van der Waals surface area contributed by atoms with Crippen LogP contribution < -0.4 is 10.9 Å². The smallest absolute Gasteiger partial charge is 0.258 e. The van der Waals surface area contributed by atoms with Gasteiger partial charge in [0.05, 0.1) is 12.1 Å². The zero-order valence-electron chi connectivity index (χ0n) is 13.1. The van der Waals surface area contributed by atoms with Crippen molar-refractivity contribution in [1.82, 2.24) is 14.5 Å². The number of aryl methyl sites for hydroxylation is 1. The first-order valence-corrected chi connectivity index (χ1v) is 7.45. The van der Waals surface area contributed by atoms with E-state index in [0.29, 0.717) is 17.9 Å². The van der Waals surface area contributed by atoms with Crippen LogP contribution in [0.2, 0.25) is 0 Å². The maximum Gasteiger partial charge on any atom is 0.258 e. The molecule has 120 valence electrons. The Morgan fingerprint density at radius 2 is 2.04 bits per heavy atom. The third kappa shape index (κ3) is 3.73. The first-order valence-electron chi connectivity index (χ1n) is 7.45. The average Bonchev–Trinajstić information content (AvgIpc) is 2.60. The van der Waals surface area contributed by atoms with E-state index in [1.807, 2.05) is 19.1 Å². The monoisotopic (exact) mass is 320 g/mol. The van der Waals surface area contributed by atoms with Crippen LogP contribution in [-0.4, -0.2) is 20.4 Å². The van der Waals surface area contributed by atoms with Gasteiger partial charge in [-0.25, -0.2) is 4.98 Å². The van der Waals surface area contributed by atoms with Crippen molar-refractivity contribution in [2.75, 3.05) is 5.32 Å². The highest BCUT2D eigenvalue weighted by molar-refractivity contribution is 6.03. The Kier molecular flexibility index (Phi) is 4.47. The lowest BCUT2D eigenvalue weighted by Crippen LogP contribution is -2.22. The SMILES string of the molecule is Cc1ccc(NC(=O)c2ccc(=O)n(Cc3cccnc3)c2)nc1. The molecule has 24 heavy (non-hydrogen) atoms. The number of aromatic nitrogens is 3. The minimum absolute atomic E-state index is 0.177. The Balaban J connectivity index is 1.81. The topological polar surface area (TPSA) is 76.9 Å². The molecule has 3 aromatic heterocycles. The van der Waals surface area contributed by atoms with Crippen LogP contribution in [0.4, 0.5) is 5.82 Å². The van der Waals surface area contributed by atoms with Crippen molar-refractivity contribution < 1.29 is 4.79 Å². The predicted molar refractivity (Wildman–Crippen MR) is 91.0 cm³/mol. The lowest BCUT2D eigenvalue weighted by Gasteiger charge is -2.09. The van der Waals surface area contributed by atoms with Crippen molar-refractivity contribution >= 4 is 11.7 Å². The van der Waals surface area contributed by atoms with Crippen LogP contribution in [0, 0.1) is 6.92 Å². The Morgan fingerprint density at radius 3 is 2.75 bits per heavy atom. The molecule has 0 aromatic carbocycles. The van der Waals surface area contributed by atoms with E-state index in [9.17, 15) is 9.59 Å². The summed E-state index contributed by atoms with van der Waals surface area (Å²) in [4.78, 5) is 32.5. The number of anilines is 1. The molecular formula is C18H16N4O2. The molecule has 3 rings (SSSR count). The van der Waals surface area contributed by atoms with Gasteiger partial charge in [0, 0.05) is 30.9 Å². The summed E-state index contributed by atoms with van der Waals surface area (Å²) in [5, 5.41) is 2.72. The summed E-state index contributed by atoms with van der Waals surface area (Å²) in [6.45, 7) is 2.28. The van der Waals surface area contributed by atoms with Crippen LogP contribution >= 0.6 is 0 Å². The van der Waals surface area contributed by atoms with Crippen LogP contribution in [0.15, 0.2) is 66.0 Å². The van der Waals surface area contributed by atoms with E-state index in [2.05, 4.69) is 15.3 Å². The summed E-state index contributed by atoms with van der Waals surface area (Å²) >= 11 is 0. The summed E-state index contributed by atoms with van der Waals surface area (Å²) in [6.07, 6.45) is 6.58. The molecule has 6 nitrogen and oxygen atoms in total. The fourth-order valence-electron chi connectivity index (χ4n) is 2.21. The van der Waals surface area contributed by atoms with Gasteiger partial charge >= 0.3 is 0 Å². The van der Waals surface area contributed by atoms with Gasteiger partial charge < -0.3 is 9.88 Å². The number of hydrogen-bond donors (Lipinski definition) is 1. The van der Waals surface area contributed by atoms with E-state index in [-0.39, 0.29) is 11.5 Å². The van der Waals surface area contributed by atoms with Gasteiger partial charge in [0.15, 0.2) is 0 Å². The number of amides is 1. The van der Waals surface area contributed by atoms with Crippen LogP contribution in [0.1, 0.15) is 21.5 Å². The van der Waals surface area contributed by atoms with Gasteiger partial charge in [-0.2, -0.15) is 0 Å². The first-order chi connectivity index (χ1) is 11.6. The van der Waals surface area contributed by atoms with Crippen molar-refractivity contribution in [2.45, 2.75) is 13.5 Å². The molecule has 0 atom stereocenters. The second-order valence-corrected chi connectivity index (χ2v) is 5.42. The van der Waals surface area contributed by atoms with Crippen LogP contribution in [0.5, 0.6) is 0 Å². The van der Waals surface area contributed by atoms with Crippen molar-refractivity contribution in [2.24, 2.45) is 0 Å². The van der Waals surface area contributed by atoms with E-state index >= 15 is 0 Å². The van der Waals surface area contributed by atoms with Gasteiger partial charge in [-0.15, -0.1) is 0 Å². The Hall–Kier alpha value is -3.28. The molecule has 0 aliphatic heterocycles. The molecule has 0 aliphatic rings. The highest BCUT2D eigenvalue weighted by Crippen LogP contribution is 2.07.